The molecule has 280 valence electrons. The fourth-order valence-electron chi connectivity index (χ4n) is 8.93. The van der Waals surface area contributed by atoms with Gasteiger partial charge in [-0.1, -0.05) is 115 Å². The van der Waals surface area contributed by atoms with Crippen LogP contribution in [0.5, 0.6) is 0 Å². The molecule has 0 radical (unpaired) electrons. The Morgan fingerprint density at radius 2 is 0.933 bits per heavy atom. The number of nitrogens with zero attached hydrogens (tertiary/aromatic N) is 6. The molecule has 5 aromatic heterocycles. The van der Waals surface area contributed by atoms with Gasteiger partial charge in [-0.25, -0.2) is 9.97 Å². The second-order valence-corrected chi connectivity index (χ2v) is 15.1. The first-order chi connectivity index (χ1) is 29.7. The molecule has 0 aliphatic heterocycles. The molecule has 0 amide bonds. The molecule has 0 bridgehead atoms. The van der Waals surface area contributed by atoms with E-state index in [1.165, 1.54) is 5.39 Å². The van der Waals surface area contributed by atoms with E-state index in [-0.39, 0.29) is 0 Å². The minimum atomic E-state index is 0.496. The van der Waals surface area contributed by atoms with Crippen LogP contribution in [0.2, 0.25) is 0 Å². The summed E-state index contributed by atoms with van der Waals surface area (Å²) in [7, 11) is 0. The minimum absolute atomic E-state index is 0.496. The normalized spacial score (nSPS) is 12.0. The predicted octanol–water partition coefficient (Wildman–Crippen LogP) is 13.1. The Kier molecular flexibility index (Phi) is 6.85. The van der Waals surface area contributed by atoms with E-state index in [4.69, 9.17) is 28.8 Å². The number of hydrogen-bond acceptors (Lipinski definition) is 6. The van der Waals surface area contributed by atoms with E-state index < -0.39 is 0 Å². The van der Waals surface area contributed by atoms with E-state index in [2.05, 4.69) is 118 Å². The average molecular weight is 771 g/mol. The Hall–Kier alpha value is -8.36. The zero-order valence-electron chi connectivity index (χ0n) is 31.8. The van der Waals surface area contributed by atoms with E-state index in [0.29, 0.717) is 23.5 Å². The van der Waals surface area contributed by atoms with Crippen LogP contribution in [-0.2, 0) is 0 Å². The van der Waals surface area contributed by atoms with Crippen LogP contribution in [-0.4, -0.2) is 29.1 Å². The molecule has 0 fully saturated rings. The van der Waals surface area contributed by atoms with Gasteiger partial charge in [0.25, 0.3) is 0 Å². The highest BCUT2D eigenvalue weighted by Gasteiger charge is 2.24. The second kappa shape index (κ2) is 12.6. The third-order valence-corrected chi connectivity index (χ3v) is 11.6. The third-order valence-electron chi connectivity index (χ3n) is 11.6. The van der Waals surface area contributed by atoms with Crippen LogP contribution < -0.4 is 0 Å². The summed E-state index contributed by atoms with van der Waals surface area (Å²) in [6.45, 7) is 0. The summed E-state index contributed by atoms with van der Waals surface area (Å²) >= 11 is 0. The summed E-state index contributed by atoms with van der Waals surface area (Å²) in [5.41, 5.74) is 10.8. The van der Waals surface area contributed by atoms with Crippen LogP contribution in [0.15, 0.2) is 191 Å². The number of benzene rings is 8. The predicted molar refractivity (Wildman–Crippen MR) is 240 cm³/mol. The van der Waals surface area contributed by atoms with Crippen molar-refractivity contribution in [3.05, 3.63) is 182 Å². The Labute approximate surface area is 341 Å². The van der Waals surface area contributed by atoms with Crippen molar-refractivity contribution in [2.24, 2.45) is 0 Å². The first-order valence-electron chi connectivity index (χ1n) is 19.9. The fraction of sp³-hybridized carbons (Fsp3) is 0. The number of furan rings is 1. The molecule has 13 aromatic rings. The number of fused-ring (bicyclic) bond motifs is 11. The number of oxazole rings is 1. The number of para-hydroxylation sites is 6. The van der Waals surface area contributed by atoms with E-state index >= 15 is 0 Å². The van der Waals surface area contributed by atoms with Gasteiger partial charge in [-0.15, -0.1) is 0 Å². The van der Waals surface area contributed by atoms with Gasteiger partial charge in [-0.3, -0.25) is 4.57 Å². The highest BCUT2D eigenvalue weighted by Crippen LogP contribution is 2.42. The Morgan fingerprint density at radius 1 is 0.350 bits per heavy atom. The molecule has 0 atom stereocenters. The first kappa shape index (κ1) is 32.7. The van der Waals surface area contributed by atoms with Crippen LogP contribution in [0.3, 0.4) is 0 Å². The van der Waals surface area contributed by atoms with Gasteiger partial charge in [0, 0.05) is 54.7 Å². The molecular weight excluding hydrogens is 741 g/mol. The molecule has 0 spiro atoms. The van der Waals surface area contributed by atoms with Gasteiger partial charge in [0.05, 0.1) is 22.1 Å². The second-order valence-electron chi connectivity index (χ2n) is 15.1. The van der Waals surface area contributed by atoms with E-state index in [0.717, 1.165) is 93.6 Å². The first-order valence-corrected chi connectivity index (χ1v) is 19.9. The van der Waals surface area contributed by atoms with E-state index in [9.17, 15) is 0 Å². The maximum Gasteiger partial charge on any atom is 0.238 e. The van der Waals surface area contributed by atoms with Gasteiger partial charge >= 0.3 is 0 Å². The molecule has 8 nitrogen and oxygen atoms in total. The van der Waals surface area contributed by atoms with Crippen molar-refractivity contribution in [3.63, 3.8) is 0 Å². The van der Waals surface area contributed by atoms with Crippen molar-refractivity contribution in [2.75, 3.05) is 0 Å². The Morgan fingerprint density at radius 3 is 1.70 bits per heavy atom. The summed E-state index contributed by atoms with van der Waals surface area (Å²) in [5.74, 6) is 2.06. The monoisotopic (exact) mass is 770 g/mol. The molecule has 0 aliphatic carbocycles. The molecule has 0 N–H and O–H groups in total. The zero-order valence-corrected chi connectivity index (χ0v) is 31.8. The van der Waals surface area contributed by atoms with Crippen LogP contribution in [0.4, 0.5) is 0 Å². The summed E-state index contributed by atoms with van der Waals surface area (Å²) in [5, 5.41) is 6.61. The van der Waals surface area contributed by atoms with Gasteiger partial charge in [-0.05, 0) is 66.7 Å². The molecule has 5 heterocycles. The Balaban J connectivity index is 1.12. The largest absolute Gasteiger partial charge is 0.456 e. The SMILES string of the molecule is c1ccc(-n2c3ccccc3c3ccc4c5ccccc5n(-c5nc(-c6cccc(-c7nc8ccccc8o7)c6)nc(-c6ccc7c(c6)oc6ccccc67)n5)c4c32)cc1. The zero-order chi connectivity index (χ0) is 39.3. The maximum absolute atomic E-state index is 6.37. The molecular formula is C52H30N6O2. The van der Waals surface area contributed by atoms with Crippen molar-refractivity contribution < 1.29 is 8.83 Å². The topological polar surface area (TPSA) is 87.7 Å². The molecule has 0 aliphatic rings. The average Bonchev–Trinajstić information content (AvgIpc) is 4.08. The van der Waals surface area contributed by atoms with Crippen LogP contribution in [0, 0.1) is 0 Å². The summed E-state index contributed by atoms with van der Waals surface area (Å²) in [4.78, 5) is 20.7. The number of aromatic nitrogens is 6. The number of rotatable bonds is 5. The van der Waals surface area contributed by atoms with Crippen LogP contribution in [0.1, 0.15) is 0 Å². The summed E-state index contributed by atoms with van der Waals surface area (Å²) < 4.78 is 17.2. The molecule has 13 rings (SSSR count). The fourth-order valence-corrected chi connectivity index (χ4v) is 8.93. The lowest BCUT2D eigenvalue weighted by molar-refractivity contribution is 0.620. The van der Waals surface area contributed by atoms with Crippen molar-refractivity contribution in [2.45, 2.75) is 0 Å². The Bertz CT molecular complexity index is 3820. The van der Waals surface area contributed by atoms with E-state index in [1.54, 1.807) is 0 Å². The summed E-state index contributed by atoms with van der Waals surface area (Å²) in [6, 6.07) is 62.3. The highest BCUT2D eigenvalue weighted by atomic mass is 16.3. The van der Waals surface area contributed by atoms with Crippen LogP contribution in [0.25, 0.3) is 123 Å². The lowest BCUT2D eigenvalue weighted by atomic mass is 10.1. The molecule has 0 saturated carbocycles. The molecule has 8 heteroatoms. The summed E-state index contributed by atoms with van der Waals surface area (Å²) in [6.07, 6.45) is 0. The highest BCUT2D eigenvalue weighted by molar-refractivity contribution is 6.23. The smallest absolute Gasteiger partial charge is 0.238 e. The standard InChI is InChI=1S/C52H30N6O2/c1-2-15-34(16-3-1)57-42-21-8-4-17-35(42)39-27-28-40-36-18-5-9-22-43(36)58(48(40)47(39)57)52-55-49(31-13-12-14-33(29-31)51-53-41-20-7-11-24-45(41)60-51)54-50(56-52)32-25-26-38-37-19-6-10-23-44(37)59-46(38)30-32/h1-30H. The van der Waals surface area contributed by atoms with E-state index in [1.807, 2.05) is 72.8 Å². The van der Waals surface area contributed by atoms with Gasteiger partial charge in [0.15, 0.2) is 17.2 Å². The van der Waals surface area contributed by atoms with Gasteiger partial charge in [-0.2, -0.15) is 9.97 Å². The lowest BCUT2D eigenvalue weighted by Crippen LogP contribution is -2.07. The van der Waals surface area contributed by atoms with Crippen molar-refractivity contribution >= 4 is 76.6 Å². The molecule has 8 aromatic carbocycles. The quantitative estimate of drug-likeness (QED) is 0.173. The molecule has 0 saturated heterocycles. The lowest BCUT2D eigenvalue weighted by Gasteiger charge is -2.13. The van der Waals surface area contributed by atoms with Crippen LogP contribution >= 0.6 is 0 Å². The minimum Gasteiger partial charge on any atom is -0.456 e. The van der Waals surface area contributed by atoms with Crippen molar-refractivity contribution in [1.82, 2.24) is 29.1 Å². The molecule has 0 unspecified atom stereocenters. The van der Waals surface area contributed by atoms with Gasteiger partial charge in [0.1, 0.15) is 16.7 Å². The van der Waals surface area contributed by atoms with Crippen molar-refractivity contribution in [3.8, 4) is 45.9 Å². The number of hydrogen-bond donors (Lipinski definition) is 0. The maximum atomic E-state index is 6.37. The van der Waals surface area contributed by atoms with Gasteiger partial charge in [0.2, 0.25) is 11.8 Å². The third kappa shape index (κ3) is 4.85. The van der Waals surface area contributed by atoms with Gasteiger partial charge < -0.3 is 13.4 Å². The van der Waals surface area contributed by atoms with Crippen molar-refractivity contribution in [1.29, 1.82) is 0 Å². The molecule has 60 heavy (non-hydrogen) atoms.